The Kier molecular flexibility index (Phi) is 4.13. The maximum Gasteiger partial charge on any atom is 0.120 e. The Bertz CT molecular complexity index is 1120. The van der Waals surface area contributed by atoms with E-state index in [9.17, 15) is 10.2 Å². The van der Waals surface area contributed by atoms with Gasteiger partial charge >= 0.3 is 0 Å². The first-order valence-corrected chi connectivity index (χ1v) is 9.93. The normalized spacial score (nSPS) is 17.0. The van der Waals surface area contributed by atoms with Crippen molar-refractivity contribution in [2.24, 2.45) is 0 Å². The van der Waals surface area contributed by atoms with Crippen LogP contribution in [0.15, 0.2) is 103 Å². The van der Waals surface area contributed by atoms with E-state index in [2.05, 4.69) is 42.5 Å². The molecule has 0 bridgehead atoms. The summed E-state index contributed by atoms with van der Waals surface area (Å²) in [5.74, 6) is 0.671. The van der Waals surface area contributed by atoms with Gasteiger partial charge in [0.1, 0.15) is 11.5 Å². The number of phenols is 2. The minimum absolute atomic E-state index is 0.173. The molecule has 1 aliphatic rings. The number of phenolic OH excluding ortho intramolecular Hbond substituents is 2. The molecular formula is C27H22O2. The highest BCUT2D eigenvalue weighted by atomic mass is 16.3. The quantitative estimate of drug-likeness (QED) is 0.461. The van der Waals surface area contributed by atoms with E-state index in [1.165, 1.54) is 11.1 Å². The number of hydrogen-bond donors (Lipinski definition) is 2. The smallest absolute Gasteiger partial charge is 0.120 e. The minimum atomic E-state index is -0.631. The summed E-state index contributed by atoms with van der Waals surface area (Å²) in [6.45, 7) is 0. The molecule has 142 valence electrons. The summed E-state index contributed by atoms with van der Waals surface area (Å²) in [6.07, 6.45) is 0.742. The van der Waals surface area contributed by atoms with Crippen LogP contribution in [-0.2, 0) is 5.41 Å². The fourth-order valence-corrected chi connectivity index (χ4v) is 5.02. The van der Waals surface area contributed by atoms with Gasteiger partial charge in [0, 0.05) is 17.0 Å². The van der Waals surface area contributed by atoms with Crippen molar-refractivity contribution >= 4 is 0 Å². The first-order chi connectivity index (χ1) is 14.2. The Morgan fingerprint density at radius 2 is 1.03 bits per heavy atom. The molecule has 1 atom stereocenters. The molecule has 0 radical (unpaired) electrons. The SMILES string of the molecule is Oc1ccccc1C1(c2ccccc2O)CC(c2ccccc2)c2ccccc21. The van der Waals surface area contributed by atoms with E-state index in [4.69, 9.17) is 0 Å². The van der Waals surface area contributed by atoms with Crippen LogP contribution in [0, 0.1) is 0 Å². The molecule has 2 N–H and O–H groups in total. The predicted octanol–water partition coefficient (Wildman–Crippen LogP) is 5.97. The van der Waals surface area contributed by atoms with Crippen molar-refractivity contribution in [1.29, 1.82) is 0 Å². The van der Waals surface area contributed by atoms with Crippen LogP contribution < -0.4 is 0 Å². The lowest BCUT2D eigenvalue weighted by Gasteiger charge is -2.33. The standard InChI is InChI=1S/C27H22O2/c28-25-16-8-6-14-23(25)27(24-15-7-9-17-26(24)29)18-21(19-10-2-1-3-11-19)20-12-4-5-13-22(20)27/h1-17,21,28-29H,18H2. The molecule has 0 fully saturated rings. The topological polar surface area (TPSA) is 40.5 Å². The number of para-hydroxylation sites is 2. The van der Waals surface area contributed by atoms with Crippen molar-refractivity contribution in [3.63, 3.8) is 0 Å². The highest BCUT2D eigenvalue weighted by Gasteiger charge is 2.48. The van der Waals surface area contributed by atoms with Gasteiger partial charge in [0.15, 0.2) is 0 Å². The summed E-state index contributed by atoms with van der Waals surface area (Å²) in [5.41, 5.74) is 4.64. The van der Waals surface area contributed by atoms with Gasteiger partial charge in [0.25, 0.3) is 0 Å². The summed E-state index contributed by atoms with van der Waals surface area (Å²) < 4.78 is 0. The van der Waals surface area contributed by atoms with Crippen molar-refractivity contribution < 1.29 is 10.2 Å². The third kappa shape index (κ3) is 2.64. The van der Waals surface area contributed by atoms with E-state index in [1.807, 2.05) is 48.5 Å². The van der Waals surface area contributed by atoms with E-state index in [-0.39, 0.29) is 17.4 Å². The summed E-state index contributed by atoms with van der Waals surface area (Å²) in [4.78, 5) is 0. The number of fused-ring (bicyclic) bond motifs is 1. The van der Waals surface area contributed by atoms with Gasteiger partial charge < -0.3 is 10.2 Å². The molecular weight excluding hydrogens is 356 g/mol. The molecule has 4 aromatic carbocycles. The molecule has 5 rings (SSSR count). The van der Waals surface area contributed by atoms with Crippen LogP contribution in [0.3, 0.4) is 0 Å². The zero-order chi connectivity index (χ0) is 19.8. The second-order valence-corrected chi connectivity index (χ2v) is 7.69. The molecule has 0 aliphatic heterocycles. The highest BCUT2D eigenvalue weighted by molar-refractivity contribution is 5.64. The Labute approximate surface area is 170 Å². The molecule has 0 spiro atoms. The van der Waals surface area contributed by atoms with Crippen molar-refractivity contribution in [3.05, 3.63) is 131 Å². The molecule has 0 heterocycles. The fourth-order valence-electron chi connectivity index (χ4n) is 5.02. The van der Waals surface area contributed by atoms with Gasteiger partial charge in [-0.3, -0.25) is 0 Å². The molecule has 2 nitrogen and oxygen atoms in total. The van der Waals surface area contributed by atoms with Gasteiger partial charge in [0.05, 0.1) is 5.41 Å². The Morgan fingerprint density at radius 3 is 1.62 bits per heavy atom. The minimum Gasteiger partial charge on any atom is -0.508 e. The summed E-state index contributed by atoms with van der Waals surface area (Å²) in [7, 11) is 0. The lowest BCUT2D eigenvalue weighted by molar-refractivity contribution is 0.430. The molecule has 0 saturated carbocycles. The van der Waals surface area contributed by atoms with E-state index in [1.54, 1.807) is 12.1 Å². The predicted molar refractivity (Wildman–Crippen MR) is 115 cm³/mol. The molecule has 0 saturated heterocycles. The Hall–Kier alpha value is -3.52. The molecule has 4 aromatic rings. The summed E-state index contributed by atoms with van der Waals surface area (Å²) in [6, 6.07) is 33.9. The van der Waals surface area contributed by atoms with Gasteiger partial charge in [-0.1, -0.05) is 91.0 Å². The first-order valence-electron chi connectivity index (χ1n) is 9.93. The Balaban J connectivity index is 1.85. The number of aromatic hydroxyl groups is 2. The van der Waals surface area contributed by atoms with Gasteiger partial charge in [-0.05, 0) is 35.2 Å². The number of hydrogen-bond acceptors (Lipinski definition) is 2. The lowest BCUT2D eigenvalue weighted by atomic mass is 9.69. The largest absolute Gasteiger partial charge is 0.508 e. The second-order valence-electron chi connectivity index (χ2n) is 7.69. The van der Waals surface area contributed by atoms with E-state index >= 15 is 0 Å². The molecule has 1 aliphatic carbocycles. The van der Waals surface area contributed by atoms with E-state index in [0.29, 0.717) is 0 Å². The van der Waals surface area contributed by atoms with Crippen molar-refractivity contribution in [2.45, 2.75) is 17.8 Å². The van der Waals surface area contributed by atoms with Crippen LogP contribution in [0.5, 0.6) is 11.5 Å². The van der Waals surface area contributed by atoms with Gasteiger partial charge in [-0.2, -0.15) is 0 Å². The van der Waals surface area contributed by atoms with Crippen LogP contribution in [0.25, 0.3) is 0 Å². The van der Waals surface area contributed by atoms with Crippen LogP contribution in [0.1, 0.15) is 40.2 Å². The zero-order valence-corrected chi connectivity index (χ0v) is 16.0. The third-order valence-corrected chi connectivity index (χ3v) is 6.24. The molecule has 1 unspecified atom stereocenters. The number of rotatable bonds is 3. The number of benzene rings is 4. The molecule has 0 amide bonds. The first kappa shape index (κ1) is 17.6. The summed E-state index contributed by atoms with van der Waals surface area (Å²) >= 11 is 0. The molecule has 2 heteroatoms. The van der Waals surface area contributed by atoms with Crippen LogP contribution in [0.4, 0.5) is 0 Å². The van der Waals surface area contributed by atoms with Gasteiger partial charge in [-0.15, -0.1) is 0 Å². The van der Waals surface area contributed by atoms with Gasteiger partial charge in [-0.25, -0.2) is 0 Å². The van der Waals surface area contributed by atoms with E-state index < -0.39 is 5.41 Å². The average molecular weight is 378 g/mol. The Morgan fingerprint density at radius 1 is 0.552 bits per heavy atom. The van der Waals surface area contributed by atoms with Crippen molar-refractivity contribution in [2.75, 3.05) is 0 Å². The molecule has 29 heavy (non-hydrogen) atoms. The second kappa shape index (κ2) is 6.82. The maximum atomic E-state index is 10.9. The third-order valence-electron chi connectivity index (χ3n) is 6.24. The van der Waals surface area contributed by atoms with Crippen LogP contribution >= 0.6 is 0 Å². The monoisotopic (exact) mass is 378 g/mol. The summed E-state index contributed by atoms with van der Waals surface area (Å²) in [5, 5.41) is 21.8. The lowest BCUT2D eigenvalue weighted by Crippen LogP contribution is -2.27. The zero-order valence-electron chi connectivity index (χ0n) is 16.0. The van der Waals surface area contributed by atoms with Gasteiger partial charge in [0.2, 0.25) is 0 Å². The highest BCUT2D eigenvalue weighted by Crippen LogP contribution is 2.58. The maximum absolute atomic E-state index is 10.9. The average Bonchev–Trinajstić information content (AvgIpc) is 3.11. The fraction of sp³-hybridized carbons (Fsp3) is 0.111. The molecule has 0 aromatic heterocycles. The van der Waals surface area contributed by atoms with E-state index in [0.717, 1.165) is 23.1 Å². The van der Waals surface area contributed by atoms with Crippen molar-refractivity contribution in [1.82, 2.24) is 0 Å². The van der Waals surface area contributed by atoms with Crippen LogP contribution in [-0.4, -0.2) is 10.2 Å². The van der Waals surface area contributed by atoms with Crippen LogP contribution in [0.2, 0.25) is 0 Å². The van der Waals surface area contributed by atoms with Crippen molar-refractivity contribution in [3.8, 4) is 11.5 Å².